The van der Waals surface area contributed by atoms with Gasteiger partial charge in [0.2, 0.25) is 11.9 Å². The van der Waals surface area contributed by atoms with E-state index in [1.54, 1.807) is 6.20 Å². The van der Waals surface area contributed by atoms with Gasteiger partial charge in [0, 0.05) is 26.3 Å². The molecule has 0 atom stereocenters. The molecule has 0 aliphatic carbocycles. The number of aryl methyl sites for hydroxylation is 1. The van der Waals surface area contributed by atoms with Crippen LogP contribution in [0.1, 0.15) is 0 Å². The van der Waals surface area contributed by atoms with Crippen molar-refractivity contribution in [2.24, 2.45) is 13.0 Å². The second-order valence-corrected chi connectivity index (χ2v) is 5.06. The summed E-state index contributed by atoms with van der Waals surface area (Å²) in [5.41, 5.74) is 1.57. The summed E-state index contributed by atoms with van der Waals surface area (Å²) in [6.45, 7) is 0.365. The molecule has 3 heterocycles. The van der Waals surface area contributed by atoms with E-state index in [0.717, 1.165) is 17.1 Å². The zero-order chi connectivity index (χ0) is 15.0. The first kappa shape index (κ1) is 13.7. The van der Waals surface area contributed by atoms with E-state index in [1.165, 1.54) is 0 Å². The summed E-state index contributed by atoms with van der Waals surface area (Å²) in [5, 5.41) is 2.24. The number of rotatable bonds is 4. The number of aromatic nitrogens is 3. The first-order valence-corrected chi connectivity index (χ1v) is 6.64. The maximum Gasteiger partial charge on any atom is 0.255 e. The summed E-state index contributed by atoms with van der Waals surface area (Å²) in [6, 6.07) is 3.69. The predicted octanol–water partition coefficient (Wildman–Crippen LogP) is 0.786. The molecule has 21 heavy (non-hydrogen) atoms. The van der Waals surface area contributed by atoms with Crippen molar-refractivity contribution in [3.63, 3.8) is 0 Å². The SMILES string of the molecule is Cn1c(N2CC(C(=O)NCC(F)F)C2)nc2cccnc21. The maximum absolute atomic E-state index is 12.0. The molecule has 112 valence electrons. The van der Waals surface area contributed by atoms with Gasteiger partial charge < -0.3 is 10.2 Å². The van der Waals surface area contributed by atoms with Crippen molar-refractivity contribution in [1.82, 2.24) is 19.9 Å². The zero-order valence-electron chi connectivity index (χ0n) is 11.5. The number of amides is 1. The van der Waals surface area contributed by atoms with Crippen LogP contribution in [0.5, 0.6) is 0 Å². The summed E-state index contributed by atoms with van der Waals surface area (Å²) in [5.74, 6) is 0.140. The minimum Gasteiger partial charge on any atom is -0.350 e. The molecule has 0 unspecified atom stereocenters. The van der Waals surface area contributed by atoms with Crippen LogP contribution in [0, 0.1) is 5.92 Å². The normalized spacial score (nSPS) is 15.5. The van der Waals surface area contributed by atoms with Crippen molar-refractivity contribution in [3.8, 4) is 0 Å². The summed E-state index contributed by atoms with van der Waals surface area (Å²) in [6.07, 6.45) is -0.819. The van der Waals surface area contributed by atoms with Crippen LogP contribution in [-0.2, 0) is 11.8 Å². The topological polar surface area (TPSA) is 63.1 Å². The lowest BCUT2D eigenvalue weighted by atomic mass is 10.00. The summed E-state index contributed by atoms with van der Waals surface area (Å²) in [4.78, 5) is 22.3. The number of imidazole rings is 1. The number of nitrogens with zero attached hydrogens (tertiary/aromatic N) is 4. The van der Waals surface area contributed by atoms with E-state index in [-0.39, 0.29) is 11.8 Å². The van der Waals surface area contributed by atoms with E-state index < -0.39 is 13.0 Å². The third-order valence-corrected chi connectivity index (χ3v) is 3.57. The van der Waals surface area contributed by atoms with Gasteiger partial charge in [0.25, 0.3) is 6.43 Å². The van der Waals surface area contributed by atoms with Crippen LogP contribution in [0.15, 0.2) is 18.3 Å². The highest BCUT2D eigenvalue weighted by Crippen LogP contribution is 2.26. The molecule has 1 amide bonds. The smallest absolute Gasteiger partial charge is 0.255 e. The Morgan fingerprint density at radius 2 is 2.29 bits per heavy atom. The molecule has 1 N–H and O–H groups in total. The Morgan fingerprint density at radius 3 is 2.95 bits per heavy atom. The lowest BCUT2D eigenvalue weighted by molar-refractivity contribution is -0.126. The van der Waals surface area contributed by atoms with Crippen molar-refractivity contribution >= 4 is 23.0 Å². The number of fused-ring (bicyclic) bond motifs is 1. The van der Waals surface area contributed by atoms with Gasteiger partial charge in [0.15, 0.2) is 5.65 Å². The molecule has 0 radical (unpaired) electrons. The van der Waals surface area contributed by atoms with Gasteiger partial charge >= 0.3 is 0 Å². The molecule has 3 rings (SSSR count). The molecule has 0 bridgehead atoms. The van der Waals surface area contributed by atoms with Gasteiger partial charge in [-0.25, -0.2) is 18.7 Å². The molecule has 2 aromatic heterocycles. The van der Waals surface area contributed by atoms with Gasteiger partial charge in [-0.2, -0.15) is 0 Å². The minimum atomic E-state index is -2.52. The second-order valence-electron chi connectivity index (χ2n) is 5.06. The number of carbonyl (C=O) groups is 1. The summed E-state index contributed by atoms with van der Waals surface area (Å²) < 4.78 is 26.0. The molecule has 0 aromatic carbocycles. The van der Waals surface area contributed by atoms with E-state index >= 15 is 0 Å². The van der Waals surface area contributed by atoms with E-state index in [1.807, 2.05) is 28.6 Å². The van der Waals surface area contributed by atoms with Crippen LogP contribution in [0.2, 0.25) is 0 Å². The number of alkyl halides is 2. The van der Waals surface area contributed by atoms with Crippen molar-refractivity contribution in [1.29, 1.82) is 0 Å². The fraction of sp³-hybridized carbons (Fsp3) is 0.462. The van der Waals surface area contributed by atoms with Gasteiger partial charge in [0.1, 0.15) is 5.52 Å². The number of hydrogen-bond donors (Lipinski definition) is 1. The molecule has 2 aromatic rings. The Morgan fingerprint density at radius 1 is 1.52 bits per heavy atom. The fourth-order valence-corrected chi connectivity index (χ4v) is 2.42. The minimum absolute atomic E-state index is 0.267. The van der Waals surface area contributed by atoms with Crippen LogP contribution in [0.4, 0.5) is 14.7 Å². The van der Waals surface area contributed by atoms with Crippen LogP contribution in [-0.4, -0.2) is 46.5 Å². The highest BCUT2D eigenvalue weighted by atomic mass is 19.3. The number of halogens is 2. The lowest BCUT2D eigenvalue weighted by Gasteiger charge is -2.38. The van der Waals surface area contributed by atoms with Crippen molar-refractivity contribution in [3.05, 3.63) is 18.3 Å². The standard InChI is InChI=1S/C13H15F2N5O/c1-19-11-9(3-2-4-16-11)18-13(19)20-6-8(7-20)12(21)17-5-10(14)15/h2-4,8,10H,5-7H2,1H3,(H,17,21). The number of hydrogen-bond acceptors (Lipinski definition) is 4. The van der Waals surface area contributed by atoms with E-state index in [2.05, 4.69) is 15.3 Å². The van der Waals surface area contributed by atoms with Crippen LogP contribution in [0.3, 0.4) is 0 Å². The van der Waals surface area contributed by atoms with Crippen molar-refractivity contribution < 1.29 is 13.6 Å². The van der Waals surface area contributed by atoms with E-state index in [4.69, 9.17) is 0 Å². The summed E-state index contributed by atoms with van der Waals surface area (Å²) in [7, 11) is 1.86. The fourth-order valence-electron chi connectivity index (χ4n) is 2.42. The number of anilines is 1. The highest BCUT2D eigenvalue weighted by Gasteiger charge is 2.35. The average Bonchev–Trinajstić information content (AvgIpc) is 2.73. The van der Waals surface area contributed by atoms with Gasteiger partial charge in [-0.3, -0.25) is 9.36 Å². The predicted molar refractivity (Wildman–Crippen MR) is 73.2 cm³/mol. The molecule has 1 aliphatic rings. The Kier molecular flexibility index (Phi) is 3.44. The Balaban J connectivity index is 1.65. The van der Waals surface area contributed by atoms with E-state index in [0.29, 0.717) is 13.1 Å². The van der Waals surface area contributed by atoms with Gasteiger partial charge in [-0.1, -0.05) is 0 Å². The Bertz CT molecular complexity index is 666. The van der Waals surface area contributed by atoms with Crippen LogP contribution < -0.4 is 10.2 Å². The lowest BCUT2D eigenvalue weighted by Crippen LogP contribution is -2.55. The van der Waals surface area contributed by atoms with Crippen molar-refractivity contribution in [2.75, 3.05) is 24.5 Å². The molecule has 8 heteroatoms. The Hall–Kier alpha value is -2.25. The number of carbonyl (C=O) groups excluding carboxylic acids is 1. The van der Waals surface area contributed by atoms with Crippen LogP contribution >= 0.6 is 0 Å². The number of pyridine rings is 1. The van der Waals surface area contributed by atoms with Crippen molar-refractivity contribution in [2.45, 2.75) is 6.43 Å². The van der Waals surface area contributed by atoms with Gasteiger partial charge in [-0.15, -0.1) is 0 Å². The number of nitrogens with one attached hydrogen (secondary N) is 1. The average molecular weight is 295 g/mol. The first-order chi connectivity index (χ1) is 10.1. The van der Waals surface area contributed by atoms with E-state index in [9.17, 15) is 13.6 Å². The second kappa shape index (κ2) is 5.27. The molecular weight excluding hydrogens is 280 g/mol. The van der Waals surface area contributed by atoms with Gasteiger partial charge in [0.05, 0.1) is 12.5 Å². The third-order valence-electron chi connectivity index (χ3n) is 3.57. The monoisotopic (exact) mass is 295 g/mol. The largest absolute Gasteiger partial charge is 0.350 e. The molecule has 6 nitrogen and oxygen atoms in total. The quantitative estimate of drug-likeness (QED) is 0.905. The molecule has 1 fully saturated rings. The third kappa shape index (κ3) is 2.53. The Labute approximate surface area is 119 Å². The molecule has 1 aliphatic heterocycles. The molecule has 1 saturated heterocycles. The first-order valence-electron chi connectivity index (χ1n) is 6.64. The molecular formula is C13H15F2N5O. The molecule has 0 spiro atoms. The zero-order valence-corrected chi connectivity index (χ0v) is 11.5. The highest BCUT2D eigenvalue weighted by molar-refractivity contribution is 5.82. The maximum atomic E-state index is 12.0. The molecule has 0 saturated carbocycles. The van der Waals surface area contributed by atoms with Gasteiger partial charge in [-0.05, 0) is 12.1 Å². The summed E-state index contributed by atoms with van der Waals surface area (Å²) >= 11 is 0. The van der Waals surface area contributed by atoms with Crippen LogP contribution in [0.25, 0.3) is 11.2 Å².